The van der Waals surface area contributed by atoms with Gasteiger partial charge in [0.1, 0.15) is 5.75 Å². The van der Waals surface area contributed by atoms with Gasteiger partial charge in [-0.05, 0) is 30.5 Å². The van der Waals surface area contributed by atoms with E-state index >= 15 is 0 Å². The van der Waals surface area contributed by atoms with Gasteiger partial charge in [-0.25, -0.2) is 0 Å². The lowest BCUT2D eigenvalue weighted by atomic mass is 9.84. The van der Waals surface area contributed by atoms with Crippen LogP contribution in [0.2, 0.25) is 0 Å². The number of fused-ring (bicyclic) bond motifs is 1. The molecule has 0 spiro atoms. The fraction of sp³-hybridized carbons (Fsp3) is 0.286. The average Bonchev–Trinajstić information content (AvgIpc) is 2.78. The highest BCUT2D eigenvalue weighted by Gasteiger charge is 2.35. The molecule has 2 aromatic rings. The molecule has 0 aromatic heterocycles. The van der Waals surface area contributed by atoms with Gasteiger partial charge < -0.3 is 10.1 Å². The van der Waals surface area contributed by atoms with Crippen molar-refractivity contribution in [3.05, 3.63) is 65.4 Å². The molecule has 128 valence electrons. The van der Waals surface area contributed by atoms with Crippen molar-refractivity contribution >= 4 is 23.2 Å². The number of hydrogen-bond donors (Lipinski definition) is 1. The Labute approximate surface area is 152 Å². The first kappa shape index (κ1) is 16.3. The van der Waals surface area contributed by atoms with Gasteiger partial charge in [-0.15, -0.1) is 11.8 Å². The molecule has 0 unspecified atom stereocenters. The van der Waals surface area contributed by atoms with Crippen molar-refractivity contribution in [3.8, 4) is 5.75 Å². The van der Waals surface area contributed by atoms with Gasteiger partial charge in [0.25, 0.3) is 0 Å². The van der Waals surface area contributed by atoms with Crippen LogP contribution in [0.5, 0.6) is 5.75 Å². The summed E-state index contributed by atoms with van der Waals surface area (Å²) in [5.41, 5.74) is 4.11. The van der Waals surface area contributed by atoms with Crippen LogP contribution in [0.15, 0.2) is 64.7 Å². The van der Waals surface area contributed by atoms with Crippen LogP contribution in [-0.2, 0) is 4.79 Å². The quantitative estimate of drug-likeness (QED) is 0.806. The molecule has 1 N–H and O–H groups in total. The molecule has 2 aliphatic rings. The number of Topliss-reactive ketones (excluding diaryl/α,β-unsaturated/α-hetero) is 1. The molecule has 1 aliphatic carbocycles. The highest BCUT2D eigenvalue weighted by molar-refractivity contribution is 8.00. The number of thioether (sulfide) groups is 1. The van der Waals surface area contributed by atoms with E-state index in [0.29, 0.717) is 12.3 Å². The summed E-state index contributed by atoms with van der Waals surface area (Å²) in [5, 5.41) is 3.50. The predicted octanol–water partition coefficient (Wildman–Crippen LogP) is 5.21. The Kier molecular flexibility index (Phi) is 4.30. The maximum Gasteiger partial charge on any atom is 0.162 e. The predicted molar refractivity (Wildman–Crippen MR) is 102 cm³/mol. The molecule has 25 heavy (non-hydrogen) atoms. The summed E-state index contributed by atoms with van der Waals surface area (Å²) in [7, 11) is 1.69. The minimum Gasteiger partial charge on any atom is -0.496 e. The zero-order chi connectivity index (χ0) is 17.4. The summed E-state index contributed by atoms with van der Waals surface area (Å²) in [6, 6.07) is 16.3. The molecule has 1 heterocycles. The fourth-order valence-corrected chi connectivity index (χ4v) is 5.04. The van der Waals surface area contributed by atoms with E-state index in [0.717, 1.165) is 39.6 Å². The minimum absolute atomic E-state index is 0.0534. The number of benzene rings is 2. The molecular weight excluding hydrogens is 330 g/mol. The van der Waals surface area contributed by atoms with Crippen molar-refractivity contribution in [2.75, 3.05) is 12.4 Å². The van der Waals surface area contributed by atoms with Crippen LogP contribution in [0.3, 0.4) is 0 Å². The maximum atomic E-state index is 13.0. The summed E-state index contributed by atoms with van der Waals surface area (Å²) >= 11 is 1.73. The number of ether oxygens (including phenoxy) is 1. The number of rotatable bonds is 2. The van der Waals surface area contributed by atoms with E-state index in [-0.39, 0.29) is 11.0 Å². The van der Waals surface area contributed by atoms with Crippen LogP contribution in [0.4, 0.5) is 5.69 Å². The highest BCUT2D eigenvalue weighted by Crippen LogP contribution is 2.51. The molecule has 3 nitrogen and oxygen atoms in total. The molecule has 0 fully saturated rings. The molecular formula is C21H21NO2S. The Hall–Kier alpha value is -2.20. The Morgan fingerprint density at radius 2 is 1.84 bits per heavy atom. The fourth-order valence-electron chi connectivity index (χ4n) is 3.67. The van der Waals surface area contributed by atoms with Gasteiger partial charge in [0.2, 0.25) is 0 Å². The number of para-hydroxylation sites is 2. The second kappa shape index (κ2) is 6.60. The summed E-state index contributed by atoms with van der Waals surface area (Å²) < 4.78 is 5.60. The zero-order valence-electron chi connectivity index (χ0n) is 14.4. The van der Waals surface area contributed by atoms with Crippen LogP contribution in [0, 0.1) is 5.92 Å². The van der Waals surface area contributed by atoms with Gasteiger partial charge in [0, 0.05) is 28.1 Å². The third-order valence-corrected chi connectivity index (χ3v) is 6.15. The third-order valence-electron chi connectivity index (χ3n) is 4.81. The van der Waals surface area contributed by atoms with Crippen molar-refractivity contribution in [1.29, 1.82) is 0 Å². The van der Waals surface area contributed by atoms with Crippen LogP contribution < -0.4 is 10.1 Å². The van der Waals surface area contributed by atoms with Crippen LogP contribution in [0.25, 0.3) is 0 Å². The first-order chi connectivity index (χ1) is 12.2. The number of carbonyl (C=O) groups is 1. The number of anilines is 1. The zero-order valence-corrected chi connectivity index (χ0v) is 15.2. The van der Waals surface area contributed by atoms with Gasteiger partial charge in [0.05, 0.1) is 18.0 Å². The molecule has 4 heteroatoms. The van der Waals surface area contributed by atoms with Crippen molar-refractivity contribution in [2.24, 2.45) is 5.92 Å². The summed E-state index contributed by atoms with van der Waals surface area (Å²) in [6.07, 6.45) is 1.52. The van der Waals surface area contributed by atoms with Crippen molar-refractivity contribution in [1.82, 2.24) is 0 Å². The van der Waals surface area contributed by atoms with E-state index in [1.165, 1.54) is 0 Å². The number of nitrogens with one attached hydrogen (secondary N) is 1. The van der Waals surface area contributed by atoms with Gasteiger partial charge in [-0.2, -0.15) is 0 Å². The Balaban J connectivity index is 1.90. The number of ketones is 1. The number of carbonyl (C=O) groups excluding carboxylic acids is 1. The van der Waals surface area contributed by atoms with E-state index in [4.69, 9.17) is 4.74 Å². The standard InChI is InChI=1S/C21H21NO2S/c1-13-11-16-20(17(23)12-13)21(14-7-3-5-9-18(14)24-2)25-19-10-6-4-8-15(19)22-16/h3-10,13,21-22H,11-12H2,1-2H3/t13-,21+/m1/s1. The normalized spacial score (nSPS) is 22.6. The molecule has 0 radical (unpaired) electrons. The van der Waals surface area contributed by atoms with E-state index < -0.39 is 0 Å². The van der Waals surface area contributed by atoms with Gasteiger partial charge in [-0.3, -0.25) is 4.79 Å². The van der Waals surface area contributed by atoms with Crippen LogP contribution in [0.1, 0.15) is 30.6 Å². The summed E-state index contributed by atoms with van der Waals surface area (Å²) in [4.78, 5) is 14.1. The van der Waals surface area contributed by atoms with Gasteiger partial charge in [0.15, 0.2) is 5.78 Å². The molecule has 1 aliphatic heterocycles. The Morgan fingerprint density at radius 1 is 1.08 bits per heavy atom. The minimum atomic E-state index is -0.0534. The molecule has 0 saturated carbocycles. The Bertz CT molecular complexity index is 858. The van der Waals surface area contributed by atoms with E-state index in [1.54, 1.807) is 18.9 Å². The monoisotopic (exact) mass is 351 g/mol. The smallest absolute Gasteiger partial charge is 0.162 e. The van der Waals surface area contributed by atoms with E-state index in [9.17, 15) is 4.79 Å². The topological polar surface area (TPSA) is 38.3 Å². The first-order valence-corrected chi connectivity index (χ1v) is 9.47. The Morgan fingerprint density at radius 3 is 2.68 bits per heavy atom. The number of hydrogen-bond acceptors (Lipinski definition) is 4. The lowest BCUT2D eigenvalue weighted by molar-refractivity contribution is -0.116. The van der Waals surface area contributed by atoms with Crippen LogP contribution in [-0.4, -0.2) is 12.9 Å². The molecule has 0 saturated heterocycles. The summed E-state index contributed by atoms with van der Waals surface area (Å²) in [5.74, 6) is 1.45. The molecule has 2 atom stereocenters. The maximum absolute atomic E-state index is 13.0. The molecule has 0 bridgehead atoms. The SMILES string of the molecule is COc1ccccc1[C@@H]1Sc2ccccc2NC2=C1C(=O)C[C@H](C)C2. The van der Waals surface area contributed by atoms with Crippen molar-refractivity contribution < 1.29 is 9.53 Å². The van der Waals surface area contributed by atoms with Crippen molar-refractivity contribution in [2.45, 2.75) is 29.9 Å². The van der Waals surface area contributed by atoms with Gasteiger partial charge >= 0.3 is 0 Å². The van der Waals surface area contributed by atoms with E-state index in [1.807, 2.05) is 30.3 Å². The van der Waals surface area contributed by atoms with E-state index in [2.05, 4.69) is 30.4 Å². The van der Waals surface area contributed by atoms with Gasteiger partial charge in [-0.1, -0.05) is 37.3 Å². The molecule has 0 amide bonds. The van der Waals surface area contributed by atoms with Crippen LogP contribution >= 0.6 is 11.8 Å². The lowest BCUT2D eigenvalue weighted by Gasteiger charge is -2.27. The average molecular weight is 351 g/mol. The number of allylic oxidation sites excluding steroid dienone is 1. The molecule has 2 aromatic carbocycles. The second-order valence-electron chi connectivity index (χ2n) is 6.69. The second-order valence-corrected chi connectivity index (χ2v) is 7.84. The summed E-state index contributed by atoms with van der Waals surface area (Å²) in [6.45, 7) is 2.14. The number of methoxy groups -OCH3 is 1. The molecule has 4 rings (SSSR count). The third kappa shape index (κ3) is 2.95. The lowest BCUT2D eigenvalue weighted by Crippen LogP contribution is -2.23. The highest BCUT2D eigenvalue weighted by atomic mass is 32.2. The first-order valence-electron chi connectivity index (χ1n) is 8.59. The van der Waals surface area contributed by atoms with Crippen molar-refractivity contribution in [3.63, 3.8) is 0 Å². The largest absolute Gasteiger partial charge is 0.496 e.